The van der Waals surface area contributed by atoms with E-state index in [-0.39, 0.29) is 29.5 Å². The number of amides is 1. The second-order valence-electron chi connectivity index (χ2n) is 8.33. The second-order valence-corrected chi connectivity index (χ2v) is 8.76. The van der Waals surface area contributed by atoms with Gasteiger partial charge in [-0.1, -0.05) is 11.6 Å². The molecular weight excluding hydrogens is 461 g/mol. The van der Waals surface area contributed by atoms with E-state index in [1.165, 1.54) is 11.0 Å². The Kier molecular flexibility index (Phi) is 6.94. The highest BCUT2D eigenvalue weighted by Crippen LogP contribution is 2.32. The van der Waals surface area contributed by atoms with Gasteiger partial charge in [0.2, 0.25) is 0 Å². The van der Waals surface area contributed by atoms with Crippen molar-refractivity contribution in [1.29, 1.82) is 0 Å². The molecule has 0 bridgehead atoms. The molecule has 178 valence electrons. The number of carbonyl (C=O) groups is 2. The zero-order valence-electron chi connectivity index (χ0n) is 17.9. The number of alkyl halides is 3. The van der Waals surface area contributed by atoms with Gasteiger partial charge in [0.05, 0.1) is 24.3 Å². The maximum Gasteiger partial charge on any atom is 0.416 e. The van der Waals surface area contributed by atoms with Gasteiger partial charge in [-0.05, 0) is 62.2 Å². The Labute approximate surface area is 194 Å². The molecule has 1 aromatic heterocycles. The van der Waals surface area contributed by atoms with Crippen molar-refractivity contribution < 1.29 is 27.5 Å². The van der Waals surface area contributed by atoms with Crippen molar-refractivity contribution in [2.75, 3.05) is 26.2 Å². The highest BCUT2D eigenvalue weighted by molar-refractivity contribution is 6.30. The normalized spacial score (nSPS) is 17.0. The van der Waals surface area contributed by atoms with E-state index in [0.717, 1.165) is 43.8 Å². The van der Waals surface area contributed by atoms with Crippen LogP contribution in [0.15, 0.2) is 24.3 Å². The molecule has 33 heavy (non-hydrogen) atoms. The van der Waals surface area contributed by atoms with Crippen molar-refractivity contribution in [3.05, 3.63) is 51.8 Å². The Morgan fingerprint density at radius 2 is 1.79 bits per heavy atom. The van der Waals surface area contributed by atoms with Gasteiger partial charge in [-0.3, -0.25) is 14.4 Å². The Morgan fingerprint density at radius 1 is 1.03 bits per heavy atom. The van der Waals surface area contributed by atoms with Crippen LogP contribution in [0.5, 0.6) is 0 Å². The molecule has 2 aromatic rings. The van der Waals surface area contributed by atoms with E-state index in [9.17, 15) is 22.8 Å². The van der Waals surface area contributed by atoms with Gasteiger partial charge in [0, 0.05) is 18.1 Å². The first kappa shape index (κ1) is 23.6. The lowest BCUT2D eigenvalue weighted by molar-refractivity contribution is -0.137. The quantitative estimate of drug-likeness (QED) is 0.589. The summed E-state index contributed by atoms with van der Waals surface area (Å²) in [5, 5.41) is 4.34. The highest BCUT2D eigenvalue weighted by Gasteiger charge is 2.31. The van der Waals surface area contributed by atoms with Crippen LogP contribution in [-0.4, -0.2) is 57.6 Å². The summed E-state index contributed by atoms with van der Waals surface area (Å²) in [6, 6.07) is 4.77. The molecule has 1 amide bonds. The first-order valence-corrected chi connectivity index (χ1v) is 11.2. The van der Waals surface area contributed by atoms with E-state index in [0.29, 0.717) is 31.7 Å². The molecule has 2 aliphatic rings. The number of ketones is 1. The number of benzene rings is 1. The predicted molar refractivity (Wildman–Crippen MR) is 114 cm³/mol. The molecule has 2 aliphatic heterocycles. The first-order chi connectivity index (χ1) is 15.7. The molecule has 0 saturated carbocycles. The number of likely N-dealkylation sites (tertiary alicyclic amines) is 1. The minimum absolute atomic E-state index is 0.0481. The number of aromatic nitrogens is 2. The largest absolute Gasteiger partial charge is 0.445 e. The number of Topliss-reactive ketones (excluding diaryl/α,β-unsaturated/α-hetero) is 1. The lowest BCUT2D eigenvalue weighted by Gasteiger charge is -2.19. The molecule has 0 spiro atoms. The summed E-state index contributed by atoms with van der Waals surface area (Å²) in [5.41, 5.74) is 0.353. The first-order valence-electron chi connectivity index (χ1n) is 10.8. The summed E-state index contributed by atoms with van der Waals surface area (Å²) in [4.78, 5) is 28.8. The molecule has 0 unspecified atom stereocenters. The molecule has 0 atom stereocenters. The summed E-state index contributed by atoms with van der Waals surface area (Å²) in [7, 11) is 0. The Morgan fingerprint density at radius 3 is 2.52 bits per heavy atom. The minimum atomic E-state index is -4.54. The van der Waals surface area contributed by atoms with Gasteiger partial charge in [0.1, 0.15) is 12.3 Å². The Bertz CT molecular complexity index is 1030. The van der Waals surface area contributed by atoms with Crippen LogP contribution in [0.25, 0.3) is 0 Å². The molecule has 4 rings (SSSR count). The number of ether oxygens (including phenoxy) is 1. The number of aryl methyl sites for hydroxylation is 1. The van der Waals surface area contributed by atoms with Gasteiger partial charge in [0.15, 0.2) is 5.78 Å². The molecule has 0 N–H and O–H groups in total. The second kappa shape index (κ2) is 9.72. The number of halogens is 4. The van der Waals surface area contributed by atoms with Crippen molar-refractivity contribution in [3.63, 3.8) is 0 Å². The molecular formula is C22H24ClF3N4O3. The summed E-state index contributed by atoms with van der Waals surface area (Å²) in [6.45, 7) is 2.99. The third kappa shape index (κ3) is 5.86. The molecule has 0 radical (unpaired) electrons. The summed E-state index contributed by atoms with van der Waals surface area (Å²) >= 11 is 5.79. The fourth-order valence-corrected chi connectivity index (χ4v) is 4.37. The fraction of sp³-hybridized carbons (Fsp3) is 0.500. The molecule has 1 fully saturated rings. The van der Waals surface area contributed by atoms with Crippen LogP contribution in [0.3, 0.4) is 0 Å². The number of hydrogen-bond acceptors (Lipinski definition) is 5. The van der Waals surface area contributed by atoms with Gasteiger partial charge in [-0.15, -0.1) is 0 Å². The number of hydrogen-bond donors (Lipinski definition) is 0. The third-order valence-electron chi connectivity index (χ3n) is 5.77. The minimum Gasteiger partial charge on any atom is -0.445 e. The lowest BCUT2D eigenvalue weighted by Crippen LogP contribution is -2.31. The topological polar surface area (TPSA) is 67.7 Å². The van der Waals surface area contributed by atoms with Crippen LogP contribution in [-0.2, 0) is 30.6 Å². The number of nitrogens with zero attached hydrogens (tertiary/aromatic N) is 4. The van der Waals surface area contributed by atoms with Crippen LogP contribution < -0.4 is 0 Å². The SMILES string of the molecule is O=C(CN1CCCC1)c1cc2n(n1)CCCN(C(=O)OCc1cc(Cl)cc(C(F)(F)F)c1)C2. The standard InChI is InChI=1S/C22H24ClF3N4O3/c23-17-9-15(8-16(10-17)22(24,25)26)14-33-21(32)29-6-3-7-30-18(12-29)11-19(27-30)20(31)13-28-4-1-2-5-28/h8-11H,1-7,12-14H2. The lowest BCUT2D eigenvalue weighted by atomic mass is 10.1. The average molecular weight is 485 g/mol. The van der Waals surface area contributed by atoms with Crippen molar-refractivity contribution in [2.45, 2.75) is 45.1 Å². The van der Waals surface area contributed by atoms with E-state index in [1.807, 2.05) is 0 Å². The highest BCUT2D eigenvalue weighted by atomic mass is 35.5. The van der Waals surface area contributed by atoms with Crippen molar-refractivity contribution in [2.24, 2.45) is 0 Å². The predicted octanol–water partition coefficient (Wildman–Crippen LogP) is 4.38. The van der Waals surface area contributed by atoms with Crippen LogP contribution in [0.4, 0.5) is 18.0 Å². The Balaban J connectivity index is 1.38. The Hall–Kier alpha value is -2.59. The molecule has 1 saturated heterocycles. The number of carbonyl (C=O) groups excluding carboxylic acids is 2. The maximum absolute atomic E-state index is 13.0. The maximum atomic E-state index is 13.0. The molecule has 7 nitrogen and oxygen atoms in total. The summed E-state index contributed by atoms with van der Waals surface area (Å²) in [5.74, 6) is -0.0481. The average Bonchev–Trinajstić information content (AvgIpc) is 3.36. The summed E-state index contributed by atoms with van der Waals surface area (Å²) in [6.07, 6.45) is -2.40. The zero-order chi connectivity index (χ0) is 23.6. The number of fused-ring (bicyclic) bond motifs is 1. The van der Waals surface area contributed by atoms with Crippen LogP contribution in [0.1, 0.15) is 46.6 Å². The van der Waals surface area contributed by atoms with E-state index < -0.39 is 17.8 Å². The van der Waals surface area contributed by atoms with Gasteiger partial charge in [-0.2, -0.15) is 18.3 Å². The van der Waals surface area contributed by atoms with Crippen LogP contribution >= 0.6 is 11.6 Å². The van der Waals surface area contributed by atoms with Gasteiger partial charge >= 0.3 is 12.3 Å². The van der Waals surface area contributed by atoms with Crippen LogP contribution in [0, 0.1) is 0 Å². The molecule has 1 aromatic carbocycles. The van der Waals surface area contributed by atoms with Gasteiger partial charge in [0.25, 0.3) is 0 Å². The molecule has 0 aliphatic carbocycles. The number of rotatable bonds is 5. The van der Waals surface area contributed by atoms with E-state index >= 15 is 0 Å². The molecule has 3 heterocycles. The van der Waals surface area contributed by atoms with Crippen molar-refractivity contribution in [3.8, 4) is 0 Å². The van der Waals surface area contributed by atoms with Crippen molar-refractivity contribution >= 4 is 23.5 Å². The van der Waals surface area contributed by atoms with Gasteiger partial charge in [-0.25, -0.2) is 4.79 Å². The smallest absolute Gasteiger partial charge is 0.416 e. The molecule has 11 heteroatoms. The third-order valence-corrected chi connectivity index (χ3v) is 5.99. The monoisotopic (exact) mass is 484 g/mol. The van der Waals surface area contributed by atoms with Crippen LogP contribution in [0.2, 0.25) is 5.02 Å². The van der Waals surface area contributed by atoms with E-state index in [4.69, 9.17) is 16.3 Å². The van der Waals surface area contributed by atoms with E-state index in [2.05, 4.69) is 10.00 Å². The van der Waals surface area contributed by atoms with E-state index in [1.54, 1.807) is 10.7 Å². The zero-order valence-corrected chi connectivity index (χ0v) is 18.7. The summed E-state index contributed by atoms with van der Waals surface area (Å²) < 4.78 is 46.0. The fourth-order valence-electron chi connectivity index (χ4n) is 4.11. The van der Waals surface area contributed by atoms with Gasteiger partial charge < -0.3 is 9.64 Å². The van der Waals surface area contributed by atoms with Crippen molar-refractivity contribution in [1.82, 2.24) is 19.6 Å².